The molecule has 1 unspecified atom stereocenters. The maximum atomic E-state index is 12.8. The van der Waals surface area contributed by atoms with Crippen molar-refractivity contribution in [2.45, 2.75) is 24.6 Å². The molecule has 2 aromatic carbocycles. The zero-order valence-corrected chi connectivity index (χ0v) is 13.7. The van der Waals surface area contributed by atoms with Crippen LogP contribution in [0, 0.1) is 12.3 Å². The van der Waals surface area contributed by atoms with Crippen molar-refractivity contribution in [3.63, 3.8) is 0 Å². The lowest BCUT2D eigenvalue weighted by Gasteiger charge is -2.20. The number of hydrogen-bond acceptors (Lipinski definition) is 2. The lowest BCUT2D eigenvalue weighted by atomic mass is 9.98. The maximum absolute atomic E-state index is 12.8. The number of nitrogens with one attached hydrogen (secondary N) is 1. The van der Waals surface area contributed by atoms with Crippen molar-refractivity contribution in [1.29, 1.82) is 0 Å². The summed E-state index contributed by atoms with van der Waals surface area (Å²) in [6, 6.07) is 13.3. The summed E-state index contributed by atoms with van der Waals surface area (Å²) in [6.45, 7) is -0.0551. The Hall–Kier alpha value is -2.94. The number of carbonyl (C=O) groups excluding carboxylic acids is 1. The van der Waals surface area contributed by atoms with E-state index < -0.39 is 24.7 Å². The Morgan fingerprint density at radius 3 is 2.15 bits per heavy atom. The molecular formula is C20H16F3NO2. The number of terminal acetylenes is 1. The van der Waals surface area contributed by atoms with Gasteiger partial charge in [-0.3, -0.25) is 0 Å². The number of amides is 1. The number of alkyl halides is 3. The van der Waals surface area contributed by atoms with Crippen molar-refractivity contribution in [3.8, 4) is 23.5 Å². The molecule has 1 aliphatic rings. The highest BCUT2D eigenvalue weighted by atomic mass is 19.4. The van der Waals surface area contributed by atoms with Gasteiger partial charge in [0.05, 0.1) is 0 Å². The minimum absolute atomic E-state index is 0.0551. The van der Waals surface area contributed by atoms with Gasteiger partial charge in [-0.25, -0.2) is 4.79 Å². The number of ether oxygens (including phenoxy) is 1. The quantitative estimate of drug-likeness (QED) is 0.818. The summed E-state index contributed by atoms with van der Waals surface area (Å²) in [6.07, 6.45) is -1.47. The van der Waals surface area contributed by atoms with Gasteiger partial charge in [0.1, 0.15) is 12.6 Å². The van der Waals surface area contributed by atoms with Gasteiger partial charge in [0.2, 0.25) is 0 Å². The molecule has 3 rings (SSSR count). The van der Waals surface area contributed by atoms with E-state index in [1.165, 1.54) is 0 Å². The van der Waals surface area contributed by atoms with Crippen molar-refractivity contribution in [2.24, 2.45) is 0 Å². The zero-order chi connectivity index (χ0) is 18.7. The zero-order valence-electron chi connectivity index (χ0n) is 13.7. The molecule has 0 bridgehead atoms. The summed E-state index contributed by atoms with van der Waals surface area (Å²) in [4.78, 5) is 11.9. The Balaban J connectivity index is 1.72. The van der Waals surface area contributed by atoms with Crippen LogP contribution in [0.25, 0.3) is 11.1 Å². The fraction of sp³-hybridized carbons (Fsp3) is 0.250. The fourth-order valence-corrected chi connectivity index (χ4v) is 3.15. The number of benzene rings is 2. The van der Waals surface area contributed by atoms with Crippen LogP contribution in [0.4, 0.5) is 18.0 Å². The van der Waals surface area contributed by atoms with E-state index in [0.717, 1.165) is 22.3 Å². The molecule has 0 fully saturated rings. The smallest absolute Gasteiger partial charge is 0.409 e. The van der Waals surface area contributed by atoms with E-state index in [1.807, 2.05) is 54.5 Å². The van der Waals surface area contributed by atoms with Gasteiger partial charge < -0.3 is 10.1 Å². The molecule has 0 saturated carbocycles. The van der Waals surface area contributed by atoms with Gasteiger partial charge in [-0.15, -0.1) is 12.3 Å². The Morgan fingerprint density at radius 1 is 1.12 bits per heavy atom. The average Bonchev–Trinajstić information content (AvgIpc) is 2.93. The molecule has 1 N–H and O–H groups in total. The molecule has 1 aliphatic carbocycles. The second kappa shape index (κ2) is 7.12. The summed E-state index contributed by atoms with van der Waals surface area (Å²) in [5, 5.41) is 1.80. The third kappa shape index (κ3) is 3.52. The molecule has 6 heteroatoms. The standard InChI is InChI=1S/C20H16F3NO2/c1-2-7-18(20(21,22)23)24-19(25)26-12-17-15-10-5-3-8-13(15)14-9-4-6-11-16(14)17/h1,3-6,8-11,17-18H,7,12H2,(H,24,25). The van der Waals surface area contributed by atoms with Crippen molar-refractivity contribution < 1.29 is 22.7 Å². The molecule has 2 aromatic rings. The van der Waals surface area contributed by atoms with Crippen molar-refractivity contribution in [1.82, 2.24) is 5.32 Å². The van der Waals surface area contributed by atoms with Crippen molar-refractivity contribution in [3.05, 3.63) is 59.7 Å². The van der Waals surface area contributed by atoms with Crippen LogP contribution in [0.2, 0.25) is 0 Å². The van der Waals surface area contributed by atoms with Crippen molar-refractivity contribution >= 4 is 6.09 Å². The molecule has 0 spiro atoms. The van der Waals surface area contributed by atoms with Crippen LogP contribution in [0.15, 0.2) is 48.5 Å². The van der Waals surface area contributed by atoms with Gasteiger partial charge in [-0.2, -0.15) is 13.2 Å². The molecule has 3 nitrogen and oxygen atoms in total. The van der Waals surface area contributed by atoms with Gasteiger partial charge in [0.25, 0.3) is 0 Å². The molecule has 0 saturated heterocycles. The Labute approximate surface area is 149 Å². The number of carbonyl (C=O) groups is 1. The first-order valence-electron chi connectivity index (χ1n) is 8.03. The van der Waals surface area contributed by atoms with Crippen LogP contribution in [-0.4, -0.2) is 24.9 Å². The molecule has 26 heavy (non-hydrogen) atoms. The normalized spacial score (nSPS) is 14.1. The average molecular weight is 359 g/mol. The number of fused-ring (bicyclic) bond motifs is 3. The van der Waals surface area contributed by atoms with Gasteiger partial charge in [0.15, 0.2) is 0 Å². The Morgan fingerprint density at radius 2 is 1.65 bits per heavy atom. The van der Waals surface area contributed by atoms with E-state index in [9.17, 15) is 18.0 Å². The second-order valence-corrected chi connectivity index (χ2v) is 5.97. The van der Waals surface area contributed by atoms with Gasteiger partial charge in [0, 0.05) is 12.3 Å². The topological polar surface area (TPSA) is 38.3 Å². The summed E-state index contributed by atoms with van der Waals surface area (Å²) in [7, 11) is 0. The molecule has 0 aromatic heterocycles. The van der Waals surface area contributed by atoms with E-state index in [-0.39, 0.29) is 12.5 Å². The van der Waals surface area contributed by atoms with Crippen molar-refractivity contribution in [2.75, 3.05) is 6.61 Å². The van der Waals surface area contributed by atoms with E-state index in [1.54, 1.807) is 5.32 Å². The molecule has 1 atom stereocenters. The fourth-order valence-electron chi connectivity index (χ4n) is 3.15. The maximum Gasteiger partial charge on any atom is 0.409 e. The first-order chi connectivity index (χ1) is 12.4. The third-order valence-corrected chi connectivity index (χ3v) is 4.35. The van der Waals surface area contributed by atoms with Crippen LogP contribution in [-0.2, 0) is 4.74 Å². The largest absolute Gasteiger partial charge is 0.449 e. The summed E-state index contributed by atoms with van der Waals surface area (Å²) in [5.74, 6) is 1.70. The van der Waals surface area contributed by atoms with E-state index >= 15 is 0 Å². The predicted molar refractivity (Wildman–Crippen MR) is 91.5 cm³/mol. The lowest BCUT2D eigenvalue weighted by Crippen LogP contribution is -2.45. The SMILES string of the molecule is C#CCC(NC(=O)OCC1c2ccccc2-c2ccccc21)C(F)(F)F. The highest BCUT2D eigenvalue weighted by Crippen LogP contribution is 2.44. The number of halogens is 3. The van der Waals surface area contributed by atoms with Crippen LogP contribution < -0.4 is 5.32 Å². The minimum Gasteiger partial charge on any atom is -0.449 e. The molecular weight excluding hydrogens is 343 g/mol. The summed E-state index contributed by atoms with van der Waals surface area (Å²) >= 11 is 0. The number of hydrogen-bond donors (Lipinski definition) is 1. The Kier molecular flexibility index (Phi) is 4.90. The van der Waals surface area contributed by atoms with E-state index in [2.05, 4.69) is 0 Å². The molecule has 0 aliphatic heterocycles. The first-order valence-corrected chi connectivity index (χ1v) is 8.03. The highest BCUT2D eigenvalue weighted by molar-refractivity contribution is 5.79. The number of rotatable bonds is 4. The number of alkyl carbamates (subject to hydrolysis) is 1. The van der Waals surface area contributed by atoms with Crippen LogP contribution >= 0.6 is 0 Å². The van der Waals surface area contributed by atoms with E-state index in [0.29, 0.717) is 0 Å². The van der Waals surface area contributed by atoms with Gasteiger partial charge in [-0.1, -0.05) is 48.5 Å². The summed E-state index contributed by atoms with van der Waals surface area (Å²) < 4.78 is 43.6. The van der Waals surface area contributed by atoms with E-state index in [4.69, 9.17) is 11.2 Å². The van der Waals surface area contributed by atoms with Gasteiger partial charge >= 0.3 is 12.3 Å². The second-order valence-electron chi connectivity index (χ2n) is 5.97. The first kappa shape index (κ1) is 17.9. The van der Waals surface area contributed by atoms with Gasteiger partial charge in [-0.05, 0) is 22.3 Å². The molecule has 0 heterocycles. The summed E-state index contributed by atoms with van der Waals surface area (Å²) in [5.41, 5.74) is 4.05. The highest BCUT2D eigenvalue weighted by Gasteiger charge is 2.40. The van der Waals surface area contributed by atoms with Crippen LogP contribution in [0.5, 0.6) is 0 Å². The molecule has 0 radical (unpaired) electrons. The molecule has 134 valence electrons. The Bertz CT molecular complexity index is 809. The molecule has 1 amide bonds. The van der Waals surface area contributed by atoms with Crippen LogP contribution in [0.3, 0.4) is 0 Å². The minimum atomic E-state index is -4.63. The lowest BCUT2D eigenvalue weighted by molar-refractivity contribution is -0.153. The predicted octanol–water partition coefficient (Wildman–Crippen LogP) is 4.48. The van der Waals surface area contributed by atoms with Crippen LogP contribution in [0.1, 0.15) is 23.5 Å². The third-order valence-electron chi connectivity index (χ3n) is 4.35. The monoisotopic (exact) mass is 359 g/mol.